The molecule has 0 saturated heterocycles. The van der Waals surface area contributed by atoms with Crippen molar-refractivity contribution in [3.05, 3.63) is 22.7 Å². The van der Waals surface area contributed by atoms with Gasteiger partial charge in [-0.2, -0.15) is 0 Å². The number of rotatable bonds is 7. The molecular formula is C14H23ClN2O. The number of halogens is 1. The molecule has 0 radical (unpaired) electrons. The van der Waals surface area contributed by atoms with Crippen LogP contribution in [0, 0.1) is 6.92 Å². The Morgan fingerprint density at radius 2 is 2.06 bits per heavy atom. The lowest BCUT2D eigenvalue weighted by Gasteiger charge is -2.12. The topological polar surface area (TPSA) is 47.3 Å². The van der Waals surface area contributed by atoms with Crippen LogP contribution in [-0.4, -0.2) is 19.3 Å². The van der Waals surface area contributed by atoms with Gasteiger partial charge < -0.3 is 15.8 Å². The van der Waals surface area contributed by atoms with Crippen LogP contribution in [0.5, 0.6) is 0 Å². The SMILES string of the molecule is Cc1cc(N)c(Cl)cc1NCCCCOC(C)C. The smallest absolute Gasteiger partial charge is 0.0656 e. The maximum absolute atomic E-state index is 6.00. The van der Waals surface area contributed by atoms with E-state index in [1.165, 1.54) is 0 Å². The van der Waals surface area contributed by atoms with Crippen LogP contribution in [0.3, 0.4) is 0 Å². The zero-order valence-corrected chi connectivity index (χ0v) is 12.2. The highest BCUT2D eigenvalue weighted by atomic mass is 35.5. The number of nitrogens with one attached hydrogen (secondary N) is 1. The molecule has 102 valence electrons. The summed E-state index contributed by atoms with van der Waals surface area (Å²) in [6, 6.07) is 3.78. The molecule has 0 amide bonds. The van der Waals surface area contributed by atoms with E-state index in [0.717, 1.165) is 37.2 Å². The highest BCUT2D eigenvalue weighted by molar-refractivity contribution is 6.33. The van der Waals surface area contributed by atoms with Gasteiger partial charge in [0.15, 0.2) is 0 Å². The van der Waals surface area contributed by atoms with Gasteiger partial charge in [-0.1, -0.05) is 11.6 Å². The van der Waals surface area contributed by atoms with Gasteiger partial charge in [0.25, 0.3) is 0 Å². The van der Waals surface area contributed by atoms with E-state index in [9.17, 15) is 0 Å². The van der Waals surface area contributed by atoms with Crippen LogP contribution in [0.1, 0.15) is 32.3 Å². The number of hydrogen-bond acceptors (Lipinski definition) is 3. The first-order valence-electron chi connectivity index (χ1n) is 6.41. The van der Waals surface area contributed by atoms with Crippen LogP contribution in [0.25, 0.3) is 0 Å². The predicted octanol–water partition coefficient (Wildman–Crippen LogP) is 3.85. The molecule has 0 heterocycles. The van der Waals surface area contributed by atoms with E-state index in [0.29, 0.717) is 16.8 Å². The molecule has 18 heavy (non-hydrogen) atoms. The Balaban J connectivity index is 2.29. The van der Waals surface area contributed by atoms with Crippen LogP contribution in [0.15, 0.2) is 12.1 Å². The number of benzene rings is 1. The zero-order valence-electron chi connectivity index (χ0n) is 11.4. The van der Waals surface area contributed by atoms with Gasteiger partial charge in [0, 0.05) is 18.8 Å². The Hall–Kier alpha value is -0.930. The molecule has 0 spiro atoms. The maximum atomic E-state index is 6.00. The lowest BCUT2D eigenvalue weighted by molar-refractivity contribution is 0.0765. The fraction of sp³-hybridized carbons (Fsp3) is 0.571. The van der Waals surface area contributed by atoms with E-state index in [1.807, 2.05) is 19.1 Å². The highest BCUT2D eigenvalue weighted by Crippen LogP contribution is 2.26. The molecule has 1 aromatic carbocycles. The molecule has 1 rings (SSSR count). The molecule has 0 aliphatic rings. The molecule has 3 nitrogen and oxygen atoms in total. The second-order valence-corrected chi connectivity index (χ2v) is 5.15. The Bertz CT molecular complexity index is 380. The Morgan fingerprint density at radius 1 is 1.33 bits per heavy atom. The van der Waals surface area contributed by atoms with E-state index in [2.05, 4.69) is 19.2 Å². The number of aryl methyl sites for hydroxylation is 1. The lowest BCUT2D eigenvalue weighted by Crippen LogP contribution is -2.07. The van der Waals surface area contributed by atoms with Gasteiger partial charge >= 0.3 is 0 Å². The number of anilines is 2. The molecule has 0 atom stereocenters. The van der Waals surface area contributed by atoms with Crippen LogP contribution >= 0.6 is 11.6 Å². The number of nitrogens with two attached hydrogens (primary N) is 1. The van der Waals surface area contributed by atoms with Crippen molar-refractivity contribution in [2.24, 2.45) is 0 Å². The molecule has 0 aromatic heterocycles. The normalized spacial score (nSPS) is 10.9. The van der Waals surface area contributed by atoms with Crippen molar-refractivity contribution in [3.8, 4) is 0 Å². The number of nitrogen functional groups attached to an aromatic ring is 1. The fourth-order valence-corrected chi connectivity index (χ4v) is 1.83. The molecule has 3 N–H and O–H groups in total. The van der Waals surface area contributed by atoms with Crippen LogP contribution in [0.4, 0.5) is 11.4 Å². The number of ether oxygens (including phenoxy) is 1. The lowest BCUT2D eigenvalue weighted by atomic mass is 10.1. The molecule has 0 bridgehead atoms. The van der Waals surface area contributed by atoms with Gasteiger partial charge in [0.05, 0.1) is 16.8 Å². The molecule has 1 aromatic rings. The summed E-state index contributed by atoms with van der Waals surface area (Å²) in [6.07, 6.45) is 2.46. The molecule has 0 unspecified atom stereocenters. The first kappa shape index (κ1) is 15.1. The summed E-state index contributed by atoms with van der Waals surface area (Å²) >= 11 is 6.00. The van der Waals surface area contributed by atoms with E-state index in [1.54, 1.807) is 0 Å². The largest absolute Gasteiger partial charge is 0.398 e. The van der Waals surface area contributed by atoms with Gasteiger partial charge in [-0.05, 0) is 51.3 Å². The van der Waals surface area contributed by atoms with Gasteiger partial charge in [0.1, 0.15) is 0 Å². The predicted molar refractivity (Wildman–Crippen MR) is 79.4 cm³/mol. The van der Waals surface area contributed by atoms with Gasteiger partial charge in [0.2, 0.25) is 0 Å². The highest BCUT2D eigenvalue weighted by Gasteiger charge is 2.02. The summed E-state index contributed by atoms with van der Waals surface area (Å²) in [6.45, 7) is 7.87. The first-order chi connectivity index (χ1) is 8.50. The summed E-state index contributed by atoms with van der Waals surface area (Å²) in [5, 5.41) is 3.98. The Labute approximate surface area is 115 Å². The summed E-state index contributed by atoms with van der Waals surface area (Å²) in [5.74, 6) is 0. The van der Waals surface area contributed by atoms with Crippen LogP contribution in [-0.2, 0) is 4.74 Å². The molecule has 0 aliphatic heterocycles. The van der Waals surface area contributed by atoms with Crippen molar-refractivity contribution in [2.75, 3.05) is 24.2 Å². The minimum absolute atomic E-state index is 0.316. The number of hydrogen-bond donors (Lipinski definition) is 2. The van der Waals surface area contributed by atoms with Crippen LogP contribution in [0.2, 0.25) is 5.02 Å². The summed E-state index contributed by atoms with van der Waals surface area (Å²) in [7, 11) is 0. The van der Waals surface area contributed by atoms with Crippen molar-refractivity contribution in [1.82, 2.24) is 0 Å². The molecule has 0 aliphatic carbocycles. The third-order valence-corrected chi connectivity index (χ3v) is 3.01. The standard InChI is InChI=1S/C14H23ClN2O/c1-10(2)18-7-5-4-6-17-14-9-12(15)13(16)8-11(14)3/h8-10,17H,4-7,16H2,1-3H3. The van der Waals surface area contributed by atoms with E-state index in [4.69, 9.17) is 22.1 Å². The molecule has 4 heteroatoms. The summed E-state index contributed by atoms with van der Waals surface area (Å²) in [4.78, 5) is 0. The summed E-state index contributed by atoms with van der Waals surface area (Å²) < 4.78 is 5.49. The average Bonchev–Trinajstić information content (AvgIpc) is 2.29. The van der Waals surface area contributed by atoms with Crippen molar-refractivity contribution in [3.63, 3.8) is 0 Å². The zero-order chi connectivity index (χ0) is 13.5. The van der Waals surface area contributed by atoms with Gasteiger partial charge in [-0.25, -0.2) is 0 Å². The van der Waals surface area contributed by atoms with Gasteiger partial charge in [-0.3, -0.25) is 0 Å². The molecule has 0 fully saturated rings. The van der Waals surface area contributed by atoms with Crippen molar-refractivity contribution in [2.45, 2.75) is 39.7 Å². The monoisotopic (exact) mass is 270 g/mol. The quantitative estimate of drug-likeness (QED) is 0.584. The van der Waals surface area contributed by atoms with Gasteiger partial charge in [-0.15, -0.1) is 0 Å². The summed E-state index contributed by atoms with van der Waals surface area (Å²) in [5.41, 5.74) is 8.54. The Morgan fingerprint density at radius 3 is 2.72 bits per heavy atom. The van der Waals surface area contributed by atoms with E-state index < -0.39 is 0 Å². The fourth-order valence-electron chi connectivity index (χ4n) is 1.66. The van der Waals surface area contributed by atoms with Crippen LogP contribution < -0.4 is 11.1 Å². The second kappa shape index (κ2) is 7.49. The average molecular weight is 271 g/mol. The Kier molecular flexibility index (Phi) is 6.30. The minimum Gasteiger partial charge on any atom is -0.398 e. The molecular weight excluding hydrogens is 248 g/mol. The van der Waals surface area contributed by atoms with E-state index in [-0.39, 0.29) is 0 Å². The van der Waals surface area contributed by atoms with Crippen molar-refractivity contribution >= 4 is 23.0 Å². The minimum atomic E-state index is 0.316. The van der Waals surface area contributed by atoms with Crippen molar-refractivity contribution in [1.29, 1.82) is 0 Å². The molecule has 0 saturated carbocycles. The third-order valence-electron chi connectivity index (χ3n) is 2.68. The second-order valence-electron chi connectivity index (χ2n) is 4.74. The number of unbranched alkanes of at least 4 members (excludes halogenated alkanes) is 1. The first-order valence-corrected chi connectivity index (χ1v) is 6.79. The third kappa shape index (κ3) is 5.15. The van der Waals surface area contributed by atoms with E-state index >= 15 is 0 Å². The van der Waals surface area contributed by atoms with Crippen molar-refractivity contribution < 1.29 is 4.74 Å². The maximum Gasteiger partial charge on any atom is 0.0656 e.